The Morgan fingerprint density at radius 2 is 1.85 bits per heavy atom. The minimum Gasteiger partial charge on any atom is -0.399 e. The van der Waals surface area contributed by atoms with E-state index in [1.807, 2.05) is 0 Å². The van der Waals surface area contributed by atoms with Gasteiger partial charge in [0, 0.05) is 24.0 Å². The molecule has 0 fully saturated rings. The SMILES string of the molecule is COCCOCCn1nnnc1-c1cc(N)cc(N)c1. The van der Waals surface area contributed by atoms with Crippen LogP contribution in [0.1, 0.15) is 0 Å². The molecule has 20 heavy (non-hydrogen) atoms. The van der Waals surface area contributed by atoms with Crippen LogP contribution in [0.5, 0.6) is 0 Å². The first-order valence-corrected chi connectivity index (χ1v) is 6.20. The standard InChI is InChI=1S/C12H18N6O2/c1-19-4-5-20-3-2-18-12(15-16-17-18)9-6-10(13)8-11(14)7-9/h6-8H,2-5,13-14H2,1H3. The van der Waals surface area contributed by atoms with Crippen molar-refractivity contribution in [3.63, 3.8) is 0 Å². The normalized spacial score (nSPS) is 10.8. The van der Waals surface area contributed by atoms with E-state index in [9.17, 15) is 0 Å². The molecule has 0 atom stereocenters. The number of aromatic nitrogens is 4. The van der Waals surface area contributed by atoms with E-state index in [2.05, 4.69) is 15.5 Å². The molecule has 0 aliphatic rings. The molecular weight excluding hydrogens is 260 g/mol. The molecule has 0 unspecified atom stereocenters. The summed E-state index contributed by atoms with van der Waals surface area (Å²) < 4.78 is 11.9. The van der Waals surface area contributed by atoms with Crippen LogP contribution in [0.2, 0.25) is 0 Å². The predicted molar refractivity (Wildman–Crippen MR) is 74.8 cm³/mol. The van der Waals surface area contributed by atoms with E-state index in [4.69, 9.17) is 20.9 Å². The van der Waals surface area contributed by atoms with Crippen LogP contribution in [0.15, 0.2) is 18.2 Å². The summed E-state index contributed by atoms with van der Waals surface area (Å²) in [5.74, 6) is 0.611. The van der Waals surface area contributed by atoms with Crippen LogP contribution in [0.4, 0.5) is 11.4 Å². The topological polar surface area (TPSA) is 114 Å². The lowest BCUT2D eigenvalue weighted by Crippen LogP contribution is -2.11. The maximum atomic E-state index is 5.77. The summed E-state index contributed by atoms with van der Waals surface area (Å²) in [6, 6.07) is 5.25. The van der Waals surface area contributed by atoms with Gasteiger partial charge in [-0.1, -0.05) is 0 Å². The molecule has 0 aliphatic carbocycles. The highest BCUT2D eigenvalue weighted by Gasteiger charge is 2.10. The van der Waals surface area contributed by atoms with Gasteiger partial charge in [-0.3, -0.25) is 0 Å². The number of anilines is 2. The molecule has 1 aromatic carbocycles. The van der Waals surface area contributed by atoms with Crippen LogP contribution in [0, 0.1) is 0 Å². The lowest BCUT2D eigenvalue weighted by Gasteiger charge is -2.07. The van der Waals surface area contributed by atoms with Gasteiger partial charge in [-0.15, -0.1) is 5.10 Å². The number of tetrazole rings is 1. The molecule has 0 aliphatic heterocycles. The van der Waals surface area contributed by atoms with E-state index < -0.39 is 0 Å². The third-order valence-electron chi connectivity index (χ3n) is 2.65. The molecule has 0 saturated carbocycles. The number of nitrogens with two attached hydrogens (primary N) is 2. The average Bonchev–Trinajstić information content (AvgIpc) is 2.86. The summed E-state index contributed by atoms with van der Waals surface area (Å²) in [6.45, 7) is 2.15. The van der Waals surface area contributed by atoms with Crippen molar-refractivity contribution in [3.8, 4) is 11.4 Å². The van der Waals surface area contributed by atoms with Gasteiger partial charge in [-0.2, -0.15) is 0 Å². The van der Waals surface area contributed by atoms with Crippen LogP contribution in [-0.4, -0.2) is 47.1 Å². The Labute approximate surface area is 116 Å². The van der Waals surface area contributed by atoms with Gasteiger partial charge in [0.05, 0.1) is 26.4 Å². The molecule has 2 aromatic rings. The number of rotatable bonds is 7. The second-order valence-corrected chi connectivity index (χ2v) is 4.22. The lowest BCUT2D eigenvalue weighted by molar-refractivity contribution is 0.0654. The molecule has 2 rings (SSSR count). The maximum Gasteiger partial charge on any atom is 0.182 e. The Hall–Kier alpha value is -2.19. The second-order valence-electron chi connectivity index (χ2n) is 4.22. The van der Waals surface area contributed by atoms with Gasteiger partial charge in [0.1, 0.15) is 0 Å². The van der Waals surface area contributed by atoms with E-state index in [-0.39, 0.29) is 0 Å². The summed E-state index contributed by atoms with van der Waals surface area (Å²) in [6.07, 6.45) is 0. The van der Waals surface area contributed by atoms with Crippen LogP contribution >= 0.6 is 0 Å². The minimum atomic E-state index is 0.499. The molecule has 0 bridgehead atoms. The lowest BCUT2D eigenvalue weighted by atomic mass is 10.1. The first-order valence-electron chi connectivity index (χ1n) is 6.20. The summed E-state index contributed by atoms with van der Waals surface area (Å²) in [7, 11) is 1.63. The highest BCUT2D eigenvalue weighted by Crippen LogP contribution is 2.22. The molecule has 8 nitrogen and oxygen atoms in total. The van der Waals surface area contributed by atoms with Gasteiger partial charge < -0.3 is 20.9 Å². The van der Waals surface area contributed by atoms with Crippen molar-refractivity contribution in [3.05, 3.63) is 18.2 Å². The van der Waals surface area contributed by atoms with Gasteiger partial charge in [0.2, 0.25) is 0 Å². The van der Waals surface area contributed by atoms with E-state index in [0.29, 0.717) is 43.6 Å². The van der Waals surface area contributed by atoms with Crippen molar-refractivity contribution in [2.45, 2.75) is 6.54 Å². The third-order valence-corrected chi connectivity index (χ3v) is 2.65. The number of methoxy groups -OCH3 is 1. The maximum absolute atomic E-state index is 5.77. The van der Waals surface area contributed by atoms with Gasteiger partial charge in [-0.05, 0) is 28.6 Å². The zero-order valence-electron chi connectivity index (χ0n) is 11.3. The second kappa shape index (κ2) is 6.83. The Morgan fingerprint density at radius 1 is 1.10 bits per heavy atom. The third kappa shape index (κ3) is 3.65. The molecule has 1 heterocycles. The van der Waals surface area contributed by atoms with E-state index in [0.717, 1.165) is 5.56 Å². The monoisotopic (exact) mass is 278 g/mol. The Bertz CT molecular complexity index is 536. The Morgan fingerprint density at radius 3 is 2.55 bits per heavy atom. The summed E-state index contributed by atoms with van der Waals surface area (Å²) in [4.78, 5) is 0. The number of nitrogen functional groups attached to an aromatic ring is 2. The molecule has 0 radical (unpaired) electrons. The van der Waals surface area contributed by atoms with Crippen molar-refractivity contribution in [2.75, 3.05) is 38.4 Å². The van der Waals surface area contributed by atoms with Crippen LogP contribution in [0.3, 0.4) is 0 Å². The quantitative estimate of drug-likeness (QED) is 0.548. The van der Waals surface area contributed by atoms with Crippen LogP contribution < -0.4 is 11.5 Å². The summed E-state index contributed by atoms with van der Waals surface area (Å²) in [5, 5.41) is 11.6. The van der Waals surface area contributed by atoms with Crippen molar-refractivity contribution < 1.29 is 9.47 Å². The van der Waals surface area contributed by atoms with Crippen molar-refractivity contribution in [2.24, 2.45) is 0 Å². The number of nitrogens with zero attached hydrogens (tertiary/aromatic N) is 4. The number of hydrogen-bond acceptors (Lipinski definition) is 7. The summed E-state index contributed by atoms with van der Waals surface area (Å²) >= 11 is 0. The first kappa shape index (κ1) is 14.2. The minimum absolute atomic E-state index is 0.499. The van der Waals surface area contributed by atoms with Crippen molar-refractivity contribution in [1.82, 2.24) is 20.2 Å². The van der Waals surface area contributed by atoms with Crippen molar-refractivity contribution >= 4 is 11.4 Å². The fourth-order valence-corrected chi connectivity index (χ4v) is 1.76. The highest BCUT2D eigenvalue weighted by atomic mass is 16.5. The van der Waals surface area contributed by atoms with Crippen molar-refractivity contribution in [1.29, 1.82) is 0 Å². The smallest absolute Gasteiger partial charge is 0.182 e. The van der Waals surface area contributed by atoms with E-state index in [1.165, 1.54) is 0 Å². The Balaban J connectivity index is 2.04. The number of ether oxygens (including phenoxy) is 2. The summed E-state index contributed by atoms with van der Waals surface area (Å²) in [5.41, 5.74) is 13.5. The Kier molecular flexibility index (Phi) is 4.85. The molecule has 0 amide bonds. The van der Waals surface area contributed by atoms with Gasteiger partial charge in [-0.25, -0.2) is 4.68 Å². The zero-order chi connectivity index (χ0) is 14.4. The van der Waals surface area contributed by atoms with E-state index >= 15 is 0 Å². The van der Waals surface area contributed by atoms with Gasteiger partial charge >= 0.3 is 0 Å². The average molecular weight is 278 g/mol. The molecule has 0 saturated heterocycles. The van der Waals surface area contributed by atoms with Crippen LogP contribution in [0.25, 0.3) is 11.4 Å². The molecule has 0 spiro atoms. The zero-order valence-corrected chi connectivity index (χ0v) is 11.3. The van der Waals surface area contributed by atoms with Crippen LogP contribution in [-0.2, 0) is 16.0 Å². The fourth-order valence-electron chi connectivity index (χ4n) is 1.76. The van der Waals surface area contributed by atoms with Gasteiger partial charge in [0.15, 0.2) is 5.82 Å². The fraction of sp³-hybridized carbons (Fsp3) is 0.417. The highest BCUT2D eigenvalue weighted by molar-refractivity contribution is 5.67. The molecule has 1 aromatic heterocycles. The largest absolute Gasteiger partial charge is 0.399 e. The molecule has 108 valence electrons. The number of benzene rings is 1. The number of hydrogen-bond donors (Lipinski definition) is 2. The molecular formula is C12H18N6O2. The van der Waals surface area contributed by atoms with E-state index in [1.54, 1.807) is 30.0 Å². The first-order chi connectivity index (χ1) is 9.70. The predicted octanol–water partition coefficient (Wildman–Crippen LogP) is 0.168. The van der Waals surface area contributed by atoms with Gasteiger partial charge in [0.25, 0.3) is 0 Å². The molecule has 4 N–H and O–H groups in total. The molecule has 8 heteroatoms.